The summed E-state index contributed by atoms with van der Waals surface area (Å²) in [6.07, 6.45) is 13.4. The fourth-order valence-corrected chi connectivity index (χ4v) is 8.43. The Morgan fingerprint density at radius 3 is 1.88 bits per heavy atom. The van der Waals surface area contributed by atoms with Crippen molar-refractivity contribution in [1.29, 1.82) is 0 Å². The average molecular weight is 540 g/mol. The van der Waals surface area contributed by atoms with E-state index in [1.54, 1.807) is 11.1 Å². The van der Waals surface area contributed by atoms with E-state index in [9.17, 15) is 0 Å². The third-order valence-electron chi connectivity index (χ3n) is 10.7. The van der Waals surface area contributed by atoms with Crippen LogP contribution in [0.5, 0.6) is 0 Å². The lowest BCUT2D eigenvalue weighted by molar-refractivity contribution is 0.442. The first kappa shape index (κ1) is 26.6. The summed E-state index contributed by atoms with van der Waals surface area (Å²) >= 11 is 0. The van der Waals surface area contributed by atoms with Gasteiger partial charge in [0.15, 0.2) is 0 Å². The summed E-state index contributed by atoms with van der Waals surface area (Å²) in [5.41, 5.74) is 14.5. The van der Waals surface area contributed by atoms with Gasteiger partial charge in [-0.3, -0.25) is 0 Å². The van der Waals surface area contributed by atoms with Gasteiger partial charge in [-0.15, -0.1) is 0 Å². The molecule has 210 valence electrons. The maximum Gasteiger partial charge on any atom is 0.0523 e. The lowest BCUT2D eigenvalue weighted by Crippen LogP contribution is -2.20. The van der Waals surface area contributed by atoms with E-state index in [0.717, 1.165) is 0 Å². The molecule has 0 heterocycles. The second-order valence-corrected chi connectivity index (χ2v) is 13.5. The van der Waals surface area contributed by atoms with E-state index >= 15 is 0 Å². The molecule has 3 aliphatic rings. The highest BCUT2D eigenvalue weighted by atomic mass is 15.1. The average Bonchev–Trinajstić information content (AvgIpc) is 3.26. The Morgan fingerprint density at radius 2 is 1.17 bits per heavy atom. The van der Waals surface area contributed by atoms with Crippen molar-refractivity contribution in [2.75, 3.05) is 11.9 Å². The topological polar surface area (TPSA) is 3.24 Å². The molecule has 0 radical (unpaired) electrons. The molecule has 0 aliphatic heterocycles. The van der Waals surface area contributed by atoms with Crippen molar-refractivity contribution in [2.45, 2.75) is 95.3 Å². The lowest BCUT2D eigenvalue weighted by Gasteiger charge is -2.35. The minimum Gasteiger partial charge on any atom is -0.344 e. The number of para-hydroxylation sites is 1. The highest BCUT2D eigenvalue weighted by Gasteiger charge is 2.37. The molecule has 0 N–H and O–H groups in total. The van der Waals surface area contributed by atoms with Crippen molar-refractivity contribution in [3.8, 4) is 22.3 Å². The van der Waals surface area contributed by atoms with Crippen LogP contribution in [0.3, 0.4) is 0 Å². The molecule has 0 spiro atoms. The molecule has 0 unspecified atom stereocenters. The Morgan fingerprint density at radius 1 is 0.561 bits per heavy atom. The van der Waals surface area contributed by atoms with Crippen molar-refractivity contribution in [1.82, 2.24) is 0 Å². The number of anilines is 2. The van der Waals surface area contributed by atoms with Crippen LogP contribution in [-0.4, -0.2) is 7.05 Å². The molecule has 1 heteroatoms. The van der Waals surface area contributed by atoms with E-state index in [1.165, 1.54) is 109 Å². The minimum absolute atomic E-state index is 0.0294. The molecule has 0 saturated heterocycles. The number of nitrogens with zero attached hydrogens (tertiary/aromatic N) is 1. The SMILES string of the molecule is CN(c1cc2c(cc1C1CCCCC1)C(C)(C)c1ccccc1-2)c1c(-c2ccccc2)cccc1C1CCCCC1. The largest absolute Gasteiger partial charge is 0.344 e. The first-order valence-electron chi connectivity index (χ1n) is 16.2. The van der Waals surface area contributed by atoms with Gasteiger partial charge in [0.05, 0.1) is 5.69 Å². The molecule has 4 aromatic rings. The van der Waals surface area contributed by atoms with Gasteiger partial charge in [0, 0.05) is 23.7 Å². The number of hydrogen-bond donors (Lipinski definition) is 0. The maximum atomic E-state index is 2.64. The summed E-state index contributed by atoms with van der Waals surface area (Å²) < 4.78 is 0. The summed E-state index contributed by atoms with van der Waals surface area (Å²) in [5.74, 6) is 1.27. The Balaban J connectivity index is 1.46. The third kappa shape index (κ3) is 4.62. The number of rotatable bonds is 5. The zero-order valence-corrected chi connectivity index (χ0v) is 25.3. The molecule has 4 aromatic carbocycles. The fourth-order valence-electron chi connectivity index (χ4n) is 8.43. The molecule has 3 aliphatic carbocycles. The van der Waals surface area contributed by atoms with Gasteiger partial charge in [-0.05, 0) is 82.5 Å². The smallest absolute Gasteiger partial charge is 0.0523 e. The van der Waals surface area contributed by atoms with Gasteiger partial charge in [-0.1, -0.05) is 131 Å². The molecular weight excluding hydrogens is 494 g/mol. The zero-order valence-electron chi connectivity index (χ0n) is 25.3. The highest BCUT2D eigenvalue weighted by molar-refractivity contribution is 5.89. The van der Waals surface area contributed by atoms with Crippen molar-refractivity contribution < 1.29 is 0 Å². The van der Waals surface area contributed by atoms with Gasteiger partial charge in [0.25, 0.3) is 0 Å². The van der Waals surface area contributed by atoms with E-state index in [4.69, 9.17) is 0 Å². The second kappa shape index (κ2) is 10.8. The second-order valence-electron chi connectivity index (χ2n) is 13.5. The maximum absolute atomic E-state index is 2.64. The van der Waals surface area contributed by atoms with Gasteiger partial charge in [-0.25, -0.2) is 0 Å². The van der Waals surface area contributed by atoms with Crippen LogP contribution in [0.1, 0.15) is 112 Å². The molecule has 1 nitrogen and oxygen atoms in total. The molecule has 0 atom stereocenters. The van der Waals surface area contributed by atoms with Crippen LogP contribution in [0.25, 0.3) is 22.3 Å². The van der Waals surface area contributed by atoms with E-state index in [-0.39, 0.29) is 5.41 Å². The van der Waals surface area contributed by atoms with Crippen LogP contribution in [0, 0.1) is 0 Å². The van der Waals surface area contributed by atoms with Crippen LogP contribution in [0.2, 0.25) is 0 Å². The summed E-state index contributed by atoms with van der Waals surface area (Å²) in [6.45, 7) is 4.86. The van der Waals surface area contributed by atoms with Crippen molar-refractivity contribution in [3.63, 3.8) is 0 Å². The standard InChI is InChI=1S/C40H45N/c1-40(2)36-25-14-13-22-33(36)35-27-38(34(26-37(35)40)30-20-11-6-12-21-30)41(3)39-31(28-16-7-4-8-17-28)23-15-24-32(39)29-18-9-5-10-19-29/h4,7-8,13-17,22-27,29-30H,5-6,9-12,18-21H2,1-3H3. The Labute approximate surface area is 247 Å². The van der Waals surface area contributed by atoms with Crippen LogP contribution in [-0.2, 0) is 5.41 Å². The summed E-state index contributed by atoms with van der Waals surface area (Å²) in [6, 6.07) is 32.6. The van der Waals surface area contributed by atoms with Crippen LogP contribution in [0.4, 0.5) is 11.4 Å². The van der Waals surface area contributed by atoms with Crippen LogP contribution in [0.15, 0.2) is 84.9 Å². The van der Waals surface area contributed by atoms with Crippen LogP contribution < -0.4 is 4.90 Å². The Kier molecular flexibility index (Phi) is 7.02. The van der Waals surface area contributed by atoms with Gasteiger partial charge >= 0.3 is 0 Å². The Bertz CT molecular complexity index is 1530. The van der Waals surface area contributed by atoms with E-state index in [0.29, 0.717) is 11.8 Å². The fraction of sp³-hybridized carbons (Fsp3) is 0.400. The minimum atomic E-state index is 0.0294. The summed E-state index contributed by atoms with van der Waals surface area (Å²) in [7, 11) is 2.37. The van der Waals surface area contributed by atoms with Gasteiger partial charge in [0.1, 0.15) is 0 Å². The number of hydrogen-bond acceptors (Lipinski definition) is 1. The number of fused-ring (bicyclic) bond motifs is 3. The third-order valence-corrected chi connectivity index (χ3v) is 10.7. The van der Waals surface area contributed by atoms with Crippen LogP contribution >= 0.6 is 0 Å². The number of benzene rings is 4. The molecule has 0 bridgehead atoms. The molecule has 0 aromatic heterocycles. The zero-order chi connectivity index (χ0) is 28.0. The van der Waals surface area contributed by atoms with Crippen molar-refractivity contribution in [2.24, 2.45) is 0 Å². The molecule has 2 saturated carbocycles. The normalized spacial score (nSPS) is 18.6. The van der Waals surface area contributed by atoms with Gasteiger partial charge < -0.3 is 4.90 Å². The van der Waals surface area contributed by atoms with E-state index in [1.807, 2.05) is 0 Å². The monoisotopic (exact) mass is 539 g/mol. The quantitative estimate of drug-likeness (QED) is 0.244. The summed E-state index contributed by atoms with van der Waals surface area (Å²) in [4.78, 5) is 2.62. The molecule has 2 fully saturated rings. The predicted molar refractivity (Wildman–Crippen MR) is 176 cm³/mol. The first-order chi connectivity index (χ1) is 20.0. The first-order valence-corrected chi connectivity index (χ1v) is 16.2. The summed E-state index contributed by atoms with van der Waals surface area (Å²) in [5, 5.41) is 0. The molecule has 0 amide bonds. The van der Waals surface area contributed by atoms with Crippen molar-refractivity contribution >= 4 is 11.4 Å². The predicted octanol–water partition coefficient (Wildman–Crippen LogP) is 11.5. The van der Waals surface area contributed by atoms with Gasteiger partial charge in [-0.2, -0.15) is 0 Å². The molecule has 41 heavy (non-hydrogen) atoms. The molecule has 7 rings (SSSR count). The van der Waals surface area contributed by atoms with Crippen molar-refractivity contribution in [3.05, 3.63) is 107 Å². The Hall–Kier alpha value is -3.32. The van der Waals surface area contributed by atoms with E-state index in [2.05, 4.69) is 111 Å². The van der Waals surface area contributed by atoms with E-state index < -0.39 is 0 Å². The highest BCUT2D eigenvalue weighted by Crippen LogP contribution is 2.54. The molecular formula is C40H45N. The lowest BCUT2D eigenvalue weighted by atomic mass is 9.77. The van der Waals surface area contributed by atoms with Gasteiger partial charge in [0.2, 0.25) is 0 Å².